The summed E-state index contributed by atoms with van der Waals surface area (Å²) in [5, 5.41) is 6.92. The van der Waals surface area contributed by atoms with Crippen LogP contribution >= 0.6 is 23.8 Å². The van der Waals surface area contributed by atoms with E-state index in [0.717, 1.165) is 31.4 Å². The number of carbonyl (C=O) groups is 2. The minimum Gasteiger partial charge on any atom is -0.350 e. The smallest absolute Gasteiger partial charge is 0.253 e. The van der Waals surface area contributed by atoms with Gasteiger partial charge in [0.1, 0.15) is 6.04 Å². The topological polar surface area (TPSA) is 98.4 Å². The monoisotopic (exact) mass is 598 g/mol. The van der Waals surface area contributed by atoms with Crippen molar-refractivity contribution in [2.75, 3.05) is 16.9 Å². The molecule has 3 aliphatic rings. The first-order chi connectivity index (χ1) is 20.5. The van der Waals surface area contributed by atoms with Crippen LogP contribution in [0.15, 0.2) is 90.2 Å². The number of hydrogen-bond acceptors (Lipinski definition) is 5. The molecule has 214 valence electrons. The summed E-state index contributed by atoms with van der Waals surface area (Å²) in [6.45, 7) is 0.538. The number of rotatable bonds is 6. The standard InChI is InChI=1S/C32H31ClN6O2S/c33-26-18-22(30(40)35-27-16-17-39(31(27)41)23-10-2-1-3-11-23)19-34-29(26)37-38-32(42)36-28-24-12-6-4-8-20(24)14-15-21-9-5-7-13-25(21)28/h1-4,6-8,10-13,18-19,27-28H,5,9,14-17H2,(H,34,37)(H,35,40)(H2,36,38,42). The number of aromatic nitrogens is 1. The van der Waals surface area contributed by atoms with Gasteiger partial charge in [-0.15, -0.1) is 0 Å². The number of nitrogens with zero attached hydrogens (tertiary/aromatic N) is 2. The van der Waals surface area contributed by atoms with Crippen LogP contribution in [0.5, 0.6) is 0 Å². The predicted octanol–water partition coefficient (Wildman–Crippen LogP) is 5.40. The van der Waals surface area contributed by atoms with Gasteiger partial charge in [0.25, 0.3) is 5.91 Å². The second-order valence-corrected chi connectivity index (χ2v) is 11.4. The molecule has 2 atom stereocenters. The predicted molar refractivity (Wildman–Crippen MR) is 169 cm³/mol. The van der Waals surface area contributed by atoms with E-state index in [9.17, 15) is 9.59 Å². The van der Waals surface area contributed by atoms with Crippen molar-refractivity contribution in [1.82, 2.24) is 21.0 Å². The molecule has 2 aromatic carbocycles. The molecule has 8 nitrogen and oxygen atoms in total. The number of hydrazine groups is 1. The zero-order chi connectivity index (χ0) is 29.1. The lowest BCUT2D eigenvalue weighted by atomic mass is 9.89. The third kappa shape index (κ3) is 5.89. The number of nitrogens with one attached hydrogen (secondary N) is 4. The molecule has 2 heterocycles. The number of para-hydroxylation sites is 1. The third-order valence-electron chi connectivity index (χ3n) is 7.94. The van der Waals surface area contributed by atoms with Crippen LogP contribution in [0.4, 0.5) is 11.5 Å². The summed E-state index contributed by atoms with van der Waals surface area (Å²) in [4.78, 5) is 31.8. The Hall–Kier alpha value is -4.21. The van der Waals surface area contributed by atoms with Crippen LogP contribution in [0, 0.1) is 0 Å². The molecule has 42 heavy (non-hydrogen) atoms. The molecule has 0 saturated carbocycles. The van der Waals surface area contributed by atoms with Gasteiger partial charge in [0.05, 0.1) is 16.6 Å². The van der Waals surface area contributed by atoms with E-state index < -0.39 is 11.9 Å². The summed E-state index contributed by atoms with van der Waals surface area (Å²) in [7, 11) is 0. The summed E-state index contributed by atoms with van der Waals surface area (Å²) in [6, 6.07) is 18.7. The summed E-state index contributed by atoms with van der Waals surface area (Å²) in [5.74, 6) is -0.228. The molecule has 3 aromatic rings. The van der Waals surface area contributed by atoms with Gasteiger partial charge in [-0.3, -0.25) is 20.4 Å². The van der Waals surface area contributed by atoms with Gasteiger partial charge in [-0.2, -0.15) is 0 Å². The Morgan fingerprint density at radius 3 is 2.67 bits per heavy atom. The number of halogens is 1. The Bertz CT molecular complexity index is 1590. The number of carbonyl (C=O) groups excluding carboxylic acids is 2. The van der Waals surface area contributed by atoms with Crippen LogP contribution < -0.4 is 26.4 Å². The second-order valence-electron chi connectivity index (χ2n) is 10.5. The highest BCUT2D eigenvalue weighted by molar-refractivity contribution is 7.80. The number of aryl methyl sites for hydroxylation is 1. The number of fused-ring (bicyclic) bond motifs is 1. The lowest BCUT2D eigenvalue weighted by Gasteiger charge is -2.26. The Labute approximate surface area is 255 Å². The van der Waals surface area contributed by atoms with E-state index in [1.807, 2.05) is 30.3 Å². The first-order valence-electron chi connectivity index (χ1n) is 14.1. The third-order valence-corrected chi connectivity index (χ3v) is 8.45. The van der Waals surface area contributed by atoms with E-state index in [0.29, 0.717) is 23.9 Å². The number of benzene rings is 2. The highest BCUT2D eigenvalue weighted by Crippen LogP contribution is 2.37. The van der Waals surface area contributed by atoms with Crippen molar-refractivity contribution >= 4 is 52.3 Å². The van der Waals surface area contributed by atoms with Gasteiger partial charge in [-0.05, 0) is 79.2 Å². The average Bonchev–Trinajstić information content (AvgIpc) is 3.30. The van der Waals surface area contributed by atoms with Gasteiger partial charge in [-0.25, -0.2) is 4.98 Å². The Balaban J connectivity index is 1.08. The van der Waals surface area contributed by atoms with Crippen LogP contribution in [-0.4, -0.2) is 34.5 Å². The van der Waals surface area contributed by atoms with Gasteiger partial charge >= 0.3 is 0 Å². The summed E-state index contributed by atoms with van der Waals surface area (Å²) >= 11 is 12.1. The Kier molecular flexibility index (Phi) is 8.21. The van der Waals surface area contributed by atoms with E-state index in [1.165, 1.54) is 34.5 Å². The molecule has 0 spiro atoms. The summed E-state index contributed by atoms with van der Waals surface area (Å²) in [6.07, 6.45) is 10.6. The fourth-order valence-corrected chi connectivity index (χ4v) is 6.19. The Morgan fingerprint density at radius 2 is 1.83 bits per heavy atom. The number of thiocarbonyl (C=S) groups is 1. The largest absolute Gasteiger partial charge is 0.350 e. The molecule has 2 amide bonds. The molecular weight excluding hydrogens is 568 g/mol. The van der Waals surface area contributed by atoms with Crippen molar-refractivity contribution in [3.05, 3.63) is 112 Å². The zero-order valence-corrected chi connectivity index (χ0v) is 24.5. The van der Waals surface area contributed by atoms with E-state index in [-0.39, 0.29) is 22.5 Å². The summed E-state index contributed by atoms with van der Waals surface area (Å²) < 4.78 is 0. The van der Waals surface area contributed by atoms with Crippen molar-refractivity contribution in [2.24, 2.45) is 0 Å². The number of hydrogen-bond donors (Lipinski definition) is 4. The molecular formula is C32H31ClN6O2S. The van der Waals surface area contributed by atoms with Gasteiger partial charge in [0, 0.05) is 18.4 Å². The molecule has 10 heteroatoms. The lowest BCUT2D eigenvalue weighted by molar-refractivity contribution is -0.118. The highest BCUT2D eigenvalue weighted by Gasteiger charge is 2.34. The summed E-state index contributed by atoms with van der Waals surface area (Å²) in [5.41, 5.74) is 12.3. The van der Waals surface area contributed by atoms with Gasteiger partial charge in [-0.1, -0.05) is 71.8 Å². The lowest BCUT2D eigenvalue weighted by Crippen LogP contribution is -2.42. The number of allylic oxidation sites excluding steroid dienone is 2. The normalized spacial score (nSPS) is 19.5. The van der Waals surface area contributed by atoms with Crippen LogP contribution in [0.3, 0.4) is 0 Å². The highest BCUT2D eigenvalue weighted by atomic mass is 35.5. The van der Waals surface area contributed by atoms with Crippen molar-refractivity contribution in [2.45, 2.75) is 44.2 Å². The molecule has 1 aliphatic heterocycles. The molecule has 1 fully saturated rings. The molecule has 1 saturated heterocycles. The second kappa shape index (κ2) is 12.3. The van der Waals surface area contributed by atoms with Crippen LogP contribution in [0.2, 0.25) is 5.02 Å². The van der Waals surface area contributed by atoms with E-state index in [4.69, 9.17) is 23.8 Å². The molecule has 0 bridgehead atoms. The first-order valence-corrected chi connectivity index (χ1v) is 14.9. The van der Waals surface area contributed by atoms with Gasteiger partial charge in [0.15, 0.2) is 10.9 Å². The van der Waals surface area contributed by atoms with Crippen LogP contribution in [0.1, 0.15) is 53.2 Å². The Morgan fingerprint density at radius 1 is 1.02 bits per heavy atom. The quantitative estimate of drug-likeness (QED) is 0.223. The van der Waals surface area contributed by atoms with E-state index >= 15 is 0 Å². The van der Waals surface area contributed by atoms with Gasteiger partial charge < -0.3 is 15.5 Å². The van der Waals surface area contributed by atoms with E-state index in [1.54, 1.807) is 4.90 Å². The maximum absolute atomic E-state index is 12.9. The SMILES string of the molecule is O=C(NC1CCN(c2ccccc2)C1=O)c1cnc(NNC(=S)NC2C3=C(CCC=C3)CCc3ccccc32)c(Cl)c1. The molecule has 0 radical (unpaired) electrons. The van der Waals surface area contributed by atoms with Crippen molar-refractivity contribution in [3.63, 3.8) is 0 Å². The number of pyridine rings is 1. The molecule has 1 aromatic heterocycles. The fraction of sp³-hybridized carbons (Fsp3) is 0.250. The fourth-order valence-electron chi connectivity index (χ4n) is 5.81. The minimum atomic E-state index is -0.608. The molecule has 4 N–H and O–H groups in total. The maximum atomic E-state index is 12.9. The molecule has 2 aliphatic carbocycles. The zero-order valence-electron chi connectivity index (χ0n) is 22.9. The van der Waals surface area contributed by atoms with Crippen LogP contribution in [0.25, 0.3) is 0 Å². The molecule has 6 rings (SSSR count). The minimum absolute atomic E-state index is 0.0670. The average molecular weight is 599 g/mol. The van der Waals surface area contributed by atoms with Crippen molar-refractivity contribution < 1.29 is 9.59 Å². The van der Waals surface area contributed by atoms with Gasteiger partial charge in [0.2, 0.25) is 5.91 Å². The van der Waals surface area contributed by atoms with Crippen LogP contribution in [-0.2, 0) is 11.2 Å². The van der Waals surface area contributed by atoms with E-state index in [2.05, 4.69) is 62.9 Å². The number of anilines is 2. The van der Waals surface area contributed by atoms with Crippen molar-refractivity contribution in [3.8, 4) is 0 Å². The molecule has 2 unspecified atom stereocenters. The number of amides is 2. The van der Waals surface area contributed by atoms with Crippen molar-refractivity contribution in [1.29, 1.82) is 0 Å². The first kappa shape index (κ1) is 27.9. The maximum Gasteiger partial charge on any atom is 0.253 e.